The number of nitrogens with zero attached hydrogens (tertiary/aromatic N) is 1. The van der Waals surface area contributed by atoms with Crippen LogP contribution in [0.25, 0.3) is 0 Å². The second-order valence-electron chi connectivity index (χ2n) is 4.31. The van der Waals surface area contributed by atoms with E-state index >= 15 is 0 Å². The molecule has 6 heteroatoms. The third kappa shape index (κ3) is 2.32. The zero-order chi connectivity index (χ0) is 12.5. The molecule has 2 N–H and O–H groups in total. The monoisotopic (exact) mass is 229 g/mol. The molecule has 0 spiro atoms. The highest BCUT2D eigenvalue weighted by Crippen LogP contribution is 2.23. The summed E-state index contributed by atoms with van der Waals surface area (Å²) in [4.78, 5) is 34.4. The number of hydrogen-bond acceptors (Lipinski definition) is 3. The Kier molecular flexibility index (Phi) is 3.51. The van der Waals surface area contributed by atoms with Crippen molar-refractivity contribution in [3.8, 4) is 0 Å². The van der Waals surface area contributed by atoms with Crippen molar-refractivity contribution in [2.75, 3.05) is 6.54 Å². The first-order valence-corrected chi connectivity index (χ1v) is 5.09. The maximum atomic E-state index is 11.5. The molecular formula is C10H15NO5. The van der Waals surface area contributed by atoms with Crippen molar-refractivity contribution < 1.29 is 24.6 Å². The highest BCUT2D eigenvalue weighted by Gasteiger charge is 2.41. The quantitative estimate of drug-likeness (QED) is 0.709. The van der Waals surface area contributed by atoms with Gasteiger partial charge in [0.25, 0.3) is 0 Å². The molecule has 1 amide bonds. The minimum Gasteiger partial charge on any atom is -0.481 e. The summed E-state index contributed by atoms with van der Waals surface area (Å²) < 4.78 is 0. The number of amides is 1. The molecule has 0 bridgehead atoms. The van der Waals surface area contributed by atoms with Crippen molar-refractivity contribution in [2.45, 2.75) is 26.3 Å². The van der Waals surface area contributed by atoms with Crippen LogP contribution >= 0.6 is 0 Å². The van der Waals surface area contributed by atoms with Crippen LogP contribution in [0.15, 0.2) is 0 Å². The molecule has 0 saturated carbocycles. The van der Waals surface area contributed by atoms with Crippen LogP contribution < -0.4 is 0 Å². The van der Waals surface area contributed by atoms with E-state index in [9.17, 15) is 14.4 Å². The number of carbonyl (C=O) groups is 3. The maximum absolute atomic E-state index is 11.5. The average molecular weight is 229 g/mol. The molecule has 1 rings (SSSR count). The summed E-state index contributed by atoms with van der Waals surface area (Å²) in [5.74, 6) is -3.56. The van der Waals surface area contributed by atoms with Gasteiger partial charge in [-0.25, -0.2) is 4.79 Å². The van der Waals surface area contributed by atoms with Crippen LogP contribution in [0, 0.1) is 11.8 Å². The average Bonchev–Trinajstić information content (AvgIpc) is 2.47. The SMILES string of the molecule is CC(C)C(C(=O)O)N1CC(C(=O)O)CC1=O. The van der Waals surface area contributed by atoms with Gasteiger partial charge in [0.05, 0.1) is 5.92 Å². The van der Waals surface area contributed by atoms with Gasteiger partial charge in [-0.1, -0.05) is 13.8 Å². The Morgan fingerprint density at radius 2 is 1.94 bits per heavy atom. The van der Waals surface area contributed by atoms with Crippen LogP contribution in [0.2, 0.25) is 0 Å². The molecule has 0 radical (unpaired) electrons. The normalized spacial score (nSPS) is 22.6. The number of rotatable bonds is 4. The maximum Gasteiger partial charge on any atom is 0.326 e. The Balaban J connectivity index is 2.84. The fourth-order valence-corrected chi connectivity index (χ4v) is 1.94. The Hall–Kier alpha value is -1.59. The van der Waals surface area contributed by atoms with E-state index in [0.717, 1.165) is 4.90 Å². The number of hydrogen-bond donors (Lipinski definition) is 2. The second-order valence-corrected chi connectivity index (χ2v) is 4.31. The van der Waals surface area contributed by atoms with Crippen LogP contribution in [-0.4, -0.2) is 45.5 Å². The van der Waals surface area contributed by atoms with E-state index < -0.39 is 29.8 Å². The van der Waals surface area contributed by atoms with E-state index in [2.05, 4.69) is 0 Å². The Morgan fingerprint density at radius 3 is 2.25 bits per heavy atom. The van der Waals surface area contributed by atoms with E-state index in [4.69, 9.17) is 10.2 Å². The van der Waals surface area contributed by atoms with E-state index in [0.29, 0.717) is 0 Å². The second kappa shape index (κ2) is 4.51. The first-order valence-electron chi connectivity index (χ1n) is 5.09. The van der Waals surface area contributed by atoms with Gasteiger partial charge in [-0.2, -0.15) is 0 Å². The minimum atomic E-state index is -1.09. The number of aliphatic carboxylic acids is 2. The largest absolute Gasteiger partial charge is 0.481 e. The third-order valence-electron chi connectivity index (χ3n) is 2.73. The fraction of sp³-hybridized carbons (Fsp3) is 0.700. The highest BCUT2D eigenvalue weighted by molar-refractivity contribution is 5.89. The Bertz CT molecular complexity index is 325. The predicted molar refractivity (Wildman–Crippen MR) is 53.7 cm³/mol. The lowest BCUT2D eigenvalue weighted by Gasteiger charge is -2.27. The van der Waals surface area contributed by atoms with Gasteiger partial charge in [-0.3, -0.25) is 9.59 Å². The van der Waals surface area contributed by atoms with Crippen molar-refractivity contribution >= 4 is 17.8 Å². The molecule has 1 aliphatic rings. The molecule has 2 atom stereocenters. The van der Waals surface area contributed by atoms with E-state index in [-0.39, 0.29) is 18.9 Å². The first-order chi connectivity index (χ1) is 7.34. The standard InChI is InChI=1S/C10H15NO5/c1-5(2)8(10(15)16)11-4-6(9(13)14)3-7(11)12/h5-6,8H,3-4H2,1-2H3,(H,13,14)(H,15,16). The van der Waals surface area contributed by atoms with Gasteiger partial charge >= 0.3 is 11.9 Å². The number of carboxylic acids is 2. The van der Waals surface area contributed by atoms with Crippen LogP contribution in [0.1, 0.15) is 20.3 Å². The summed E-state index contributed by atoms with van der Waals surface area (Å²) in [5.41, 5.74) is 0. The van der Waals surface area contributed by atoms with Crippen LogP contribution in [-0.2, 0) is 14.4 Å². The topological polar surface area (TPSA) is 94.9 Å². The molecule has 16 heavy (non-hydrogen) atoms. The summed E-state index contributed by atoms with van der Waals surface area (Å²) in [6.07, 6.45) is -0.105. The van der Waals surface area contributed by atoms with Gasteiger partial charge in [0.2, 0.25) is 5.91 Å². The number of carboxylic acid groups (broad SMARTS) is 2. The van der Waals surface area contributed by atoms with Gasteiger partial charge in [0.15, 0.2) is 0 Å². The van der Waals surface area contributed by atoms with Gasteiger partial charge < -0.3 is 15.1 Å². The molecular weight excluding hydrogens is 214 g/mol. The van der Waals surface area contributed by atoms with Gasteiger partial charge in [-0.05, 0) is 5.92 Å². The molecule has 0 aromatic carbocycles. The van der Waals surface area contributed by atoms with E-state index in [1.54, 1.807) is 13.8 Å². The van der Waals surface area contributed by atoms with Crippen LogP contribution in [0.4, 0.5) is 0 Å². The highest BCUT2D eigenvalue weighted by atomic mass is 16.4. The number of carbonyl (C=O) groups excluding carboxylic acids is 1. The summed E-state index contributed by atoms with van der Waals surface area (Å²) >= 11 is 0. The fourth-order valence-electron chi connectivity index (χ4n) is 1.94. The lowest BCUT2D eigenvalue weighted by molar-refractivity contribution is -0.150. The van der Waals surface area contributed by atoms with E-state index in [1.165, 1.54) is 0 Å². The zero-order valence-corrected chi connectivity index (χ0v) is 9.21. The van der Waals surface area contributed by atoms with Crippen molar-refractivity contribution in [2.24, 2.45) is 11.8 Å². The summed E-state index contributed by atoms with van der Waals surface area (Å²) in [5, 5.41) is 17.8. The Labute approximate surface area is 92.9 Å². The molecule has 1 saturated heterocycles. The van der Waals surface area contributed by atoms with Crippen molar-refractivity contribution in [1.29, 1.82) is 0 Å². The third-order valence-corrected chi connectivity index (χ3v) is 2.73. The molecule has 0 aromatic rings. The molecule has 0 aliphatic carbocycles. The lowest BCUT2D eigenvalue weighted by atomic mass is 10.0. The summed E-state index contributed by atoms with van der Waals surface area (Å²) in [7, 11) is 0. The van der Waals surface area contributed by atoms with Gasteiger partial charge in [-0.15, -0.1) is 0 Å². The Morgan fingerprint density at radius 1 is 1.38 bits per heavy atom. The lowest BCUT2D eigenvalue weighted by Crippen LogP contribution is -2.45. The predicted octanol–water partition coefficient (Wildman–Crippen LogP) is 0.0287. The zero-order valence-electron chi connectivity index (χ0n) is 9.21. The van der Waals surface area contributed by atoms with Crippen molar-refractivity contribution in [3.05, 3.63) is 0 Å². The summed E-state index contributed by atoms with van der Waals surface area (Å²) in [6, 6.07) is -0.933. The molecule has 6 nitrogen and oxygen atoms in total. The number of likely N-dealkylation sites (tertiary alicyclic amines) is 1. The molecule has 2 unspecified atom stereocenters. The molecule has 1 heterocycles. The van der Waals surface area contributed by atoms with Crippen LogP contribution in [0.5, 0.6) is 0 Å². The molecule has 90 valence electrons. The van der Waals surface area contributed by atoms with Gasteiger partial charge in [0.1, 0.15) is 6.04 Å². The van der Waals surface area contributed by atoms with Gasteiger partial charge in [0, 0.05) is 13.0 Å². The van der Waals surface area contributed by atoms with Crippen molar-refractivity contribution in [1.82, 2.24) is 4.90 Å². The van der Waals surface area contributed by atoms with Crippen LogP contribution in [0.3, 0.4) is 0 Å². The smallest absolute Gasteiger partial charge is 0.326 e. The van der Waals surface area contributed by atoms with Crippen molar-refractivity contribution in [3.63, 3.8) is 0 Å². The molecule has 1 aliphatic heterocycles. The molecule has 0 aromatic heterocycles. The summed E-state index contributed by atoms with van der Waals surface area (Å²) in [6.45, 7) is 3.38. The minimum absolute atomic E-state index is 0.0106. The van der Waals surface area contributed by atoms with E-state index in [1.807, 2.05) is 0 Å². The first kappa shape index (κ1) is 12.5. The molecule has 1 fully saturated rings.